The number of hydrogen-bond acceptors (Lipinski definition) is 2. The van der Waals surface area contributed by atoms with E-state index in [0.29, 0.717) is 0 Å². The Labute approximate surface area is 105 Å². The van der Waals surface area contributed by atoms with Crippen LogP contribution in [0, 0.1) is 11.8 Å². The van der Waals surface area contributed by atoms with Crippen molar-refractivity contribution in [1.82, 2.24) is 4.90 Å². The smallest absolute Gasteiger partial charge is 0.116 e. The molecule has 0 aromatic carbocycles. The average Bonchev–Trinajstić information content (AvgIpc) is 2.32. The Morgan fingerprint density at radius 3 is 2.59 bits per heavy atom. The highest BCUT2D eigenvalue weighted by atomic mass is 19.1. The number of alkyl halides is 1. The third-order valence-electron chi connectivity index (χ3n) is 4.16. The maximum Gasteiger partial charge on any atom is 0.116 e. The summed E-state index contributed by atoms with van der Waals surface area (Å²) in [4.78, 5) is 2.32. The summed E-state index contributed by atoms with van der Waals surface area (Å²) in [7, 11) is 0. The van der Waals surface area contributed by atoms with Gasteiger partial charge in [0.2, 0.25) is 0 Å². The normalized spacial score (nSPS) is 36.4. The third-order valence-corrected chi connectivity index (χ3v) is 4.16. The van der Waals surface area contributed by atoms with E-state index in [9.17, 15) is 4.39 Å². The molecule has 2 fully saturated rings. The van der Waals surface area contributed by atoms with E-state index < -0.39 is 6.17 Å². The van der Waals surface area contributed by atoms with Crippen LogP contribution in [0.25, 0.3) is 0 Å². The molecule has 1 saturated heterocycles. The van der Waals surface area contributed by atoms with Crippen molar-refractivity contribution in [3.05, 3.63) is 0 Å². The van der Waals surface area contributed by atoms with E-state index in [1.54, 1.807) is 0 Å². The molecule has 2 nitrogen and oxygen atoms in total. The first-order chi connectivity index (χ1) is 8.16. The Kier molecular flexibility index (Phi) is 4.80. The van der Waals surface area contributed by atoms with Crippen LogP contribution in [0.1, 0.15) is 39.5 Å². The van der Waals surface area contributed by atoms with E-state index in [1.807, 2.05) is 0 Å². The summed E-state index contributed by atoms with van der Waals surface area (Å²) in [5, 5.41) is 0. The molecule has 2 unspecified atom stereocenters. The van der Waals surface area contributed by atoms with Gasteiger partial charge in [-0.1, -0.05) is 13.8 Å². The molecule has 2 rings (SSSR count). The van der Waals surface area contributed by atoms with E-state index in [-0.39, 0.29) is 6.04 Å². The minimum Gasteiger partial charge on any atom is -0.379 e. The molecule has 1 aliphatic heterocycles. The van der Waals surface area contributed by atoms with Crippen LogP contribution in [-0.2, 0) is 4.74 Å². The summed E-state index contributed by atoms with van der Waals surface area (Å²) in [6.45, 7) is 7.92. The van der Waals surface area contributed by atoms with Crippen molar-refractivity contribution >= 4 is 0 Å². The van der Waals surface area contributed by atoms with E-state index in [4.69, 9.17) is 4.74 Å². The molecular weight excluding hydrogens is 217 g/mol. The molecule has 1 saturated carbocycles. The lowest BCUT2D eigenvalue weighted by molar-refractivity contribution is -0.0237. The molecule has 1 aliphatic carbocycles. The average molecular weight is 243 g/mol. The molecule has 0 spiro atoms. The van der Waals surface area contributed by atoms with E-state index >= 15 is 0 Å². The van der Waals surface area contributed by atoms with Gasteiger partial charge in [0.15, 0.2) is 0 Å². The van der Waals surface area contributed by atoms with Gasteiger partial charge in [-0.05, 0) is 37.5 Å². The Balaban J connectivity index is 1.89. The van der Waals surface area contributed by atoms with Crippen LogP contribution in [0.3, 0.4) is 0 Å². The minimum atomic E-state index is -0.614. The Morgan fingerprint density at radius 2 is 1.94 bits per heavy atom. The van der Waals surface area contributed by atoms with Crippen molar-refractivity contribution in [2.24, 2.45) is 11.8 Å². The highest BCUT2D eigenvalue weighted by Gasteiger charge is 2.35. The monoisotopic (exact) mass is 243 g/mol. The summed E-state index contributed by atoms with van der Waals surface area (Å²) in [5.74, 6) is 1.47. The number of ether oxygens (including phenoxy) is 1. The molecule has 1 heterocycles. The van der Waals surface area contributed by atoms with Crippen LogP contribution < -0.4 is 0 Å². The lowest BCUT2D eigenvalue weighted by Gasteiger charge is -2.41. The summed E-state index contributed by atoms with van der Waals surface area (Å²) < 4.78 is 19.4. The van der Waals surface area contributed by atoms with E-state index in [0.717, 1.165) is 57.4 Å². The van der Waals surface area contributed by atoms with Gasteiger partial charge in [-0.3, -0.25) is 4.90 Å². The van der Waals surface area contributed by atoms with Crippen molar-refractivity contribution in [1.29, 1.82) is 0 Å². The largest absolute Gasteiger partial charge is 0.379 e. The van der Waals surface area contributed by atoms with Crippen molar-refractivity contribution < 1.29 is 9.13 Å². The van der Waals surface area contributed by atoms with Gasteiger partial charge in [-0.2, -0.15) is 0 Å². The first kappa shape index (κ1) is 13.3. The fraction of sp³-hybridized carbons (Fsp3) is 1.00. The molecule has 17 heavy (non-hydrogen) atoms. The van der Waals surface area contributed by atoms with Gasteiger partial charge in [0.25, 0.3) is 0 Å². The lowest BCUT2D eigenvalue weighted by Crippen LogP contribution is -2.50. The fourth-order valence-electron chi connectivity index (χ4n) is 3.36. The van der Waals surface area contributed by atoms with Crippen LogP contribution in [-0.4, -0.2) is 43.4 Å². The highest BCUT2D eigenvalue weighted by Crippen LogP contribution is 2.33. The fourth-order valence-corrected chi connectivity index (χ4v) is 3.36. The van der Waals surface area contributed by atoms with Gasteiger partial charge in [-0.15, -0.1) is 0 Å². The third kappa shape index (κ3) is 3.65. The van der Waals surface area contributed by atoms with Gasteiger partial charge in [-0.25, -0.2) is 4.39 Å². The van der Waals surface area contributed by atoms with Crippen LogP contribution in [0.15, 0.2) is 0 Å². The van der Waals surface area contributed by atoms with Crippen molar-refractivity contribution in [2.45, 2.75) is 51.7 Å². The number of halogens is 1. The zero-order valence-corrected chi connectivity index (χ0v) is 11.2. The second-order valence-electron chi connectivity index (χ2n) is 6.04. The van der Waals surface area contributed by atoms with Crippen LogP contribution in [0.4, 0.5) is 4.39 Å². The van der Waals surface area contributed by atoms with Crippen LogP contribution >= 0.6 is 0 Å². The standard InChI is InChI=1S/C14H26FNO/c1-11(2)9-12-3-4-13(15)14(10-12)16-5-7-17-8-6-16/h11-14H,3-10H2,1-2H3/t12?,13-,14?/m1/s1. The van der Waals surface area contributed by atoms with Gasteiger partial charge in [0, 0.05) is 19.1 Å². The maximum atomic E-state index is 14.1. The zero-order chi connectivity index (χ0) is 12.3. The molecule has 3 heteroatoms. The van der Waals surface area contributed by atoms with E-state index in [1.165, 1.54) is 6.42 Å². The molecule has 0 aromatic rings. The molecule has 0 amide bonds. The molecule has 0 radical (unpaired) electrons. The topological polar surface area (TPSA) is 12.5 Å². The quantitative estimate of drug-likeness (QED) is 0.755. The van der Waals surface area contributed by atoms with Crippen molar-refractivity contribution in [3.63, 3.8) is 0 Å². The minimum absolute atomic E-state index is 0.163. The Bertz CT molecular complexity index is 228. The summed E-state index contributed by atoms with van der Waals surface area (Å²) >= 11 is 0. The second-order valence-corrected chi connectivity index (χ2v) is 6.04. The summed E-state index contributed by atoms with van der Waals surface area (Å²) in [5.41, 5.74) is 0. The highest BCUT2D eigenvalue weighted by molar-refractivity contribution is 4.88. The first-order valence-corrected chi connectivity index (χ1v) is 7.12. The lowest BCUT2D eigenvalue weighted by atomic mass is 9.79. The number of morpholine rings is 1. The number of nitrogens with zero attached hydrogens (tertiary/aromatic N) is 1. The van der Waals surface area contributed by atoms with Crippen LogP contribution in [0.2, 0.25) is 0 Å². The van der Waals surface area contributed by atoms with Gasteiger partial charge < -0.3 is 4.74 Å². The summed E-state index contributed by atoms with van der Waals surface area (Å²) in [6.07, 6.45) is 3.54. The maximum absolute atomic E-state index is 14.1. The second kappa shape index (κ2) is 6.14. The Hall–Kier alpha value is -0.150. The molecule has 0 bridgehead atoms. The van der Waals surface area contributed by atoms with Crippen molar-refractivity contribution in [3.8, 4) is 0 Å². The zero-order valence-electron chi connectivity index (χ0n) is 11.2. The van der Waals surface area contributed by atoms with Crippen molar-refractivity contribution in [2.75, 3.05) is 26.3 Å². The number of hydrogen-bond donors (Lipinski definition) is 0. The predicted octanol–water partition coefficient (Wildman–Crippen LogP) is 2.87. The predicted molar refractivity (Wildman–Crippen MR) is 67.9 cm³/mol. The number of rotatable bonds is 3. The van der Waals surface area contributed by atoms with E-state index in [2.05, 4.69) is 18.7 Å². The molecular formula is C14H26FNO. The first-order valence-electron chi connectivity index (χ1n) is 7.12. The molecule has 100 valence electrons. The SMILES string of the molecule is CC(C)CC1CC[C@@H](F)C(N2CCOCC2)C1. The molecule has 2 aliphatic rings. The summed E-state index contributed by atoms with van der Waals surface area (Å²) in [6, 6.07) is 0.163. The molecule has 3 atom stereocenters. The Morgan fingerprint density at radius 1 is 1.24 bits per heavy atom. The molecule has 0 aromatic heterocycles. The molecule has 0 N–H and O–H groups in total. The van der Waals surface area contributed by atoms with Gasteiger partial charge in [0.1, 0.15) is 6.17 Å². The van der Waals surface area contributed by atoms with Gasteiger partial charge >= 0.3 is 0 Å². The van der Waals surface area contributed by atoms with Crippen LogP contribution in [0.5, 0.6) is 0 Å². The van der Waals surface area contributed by atoms with Gasteiger partial charge in [0.05, 0.1) is 13.2 Å².